The third-order valence-corrected chi connectivity index (χ3v) is 1.04. The molecule has 0 saturated heterocycles. The van der Waals surface area contributed by atoms with E-state index in [-0.39, 0.29) is 6.61 Å². The minimum Gasteiger partial charge on any atom is -0.372 e. The summed E-state index contributed by atoms with van der Waals surface area (Å²) in [6, 6.07) is 0. The van der Waals surface area contributed by atoms with Gasteiger partial charge in [0.25, 0.3) is 0 Å². The molecule has 0 aliphatic rings. The molecule has 0 amide bonds. The Morgan fingerprint density at radius 1 is 1.00 bits per heavy atom. The summed E-state index contributed by atoms with van der Waals surface area (Å²) < 4.78 is 62.4. The van der Waals surface area contributed by atoms with E-state index in [2.05, 4.69) is 15.5 Å². The summed E-state index contributed by atoms with van der Waals surface area (Å²) >= 11 is 0. The van der Waals surface area contributed by atoms with E-state index in [4.69, 9.17) is 0 Å². The predicted octanol–water partition coefficient (Wildman–Crippen LogP) is 1.09. The van der Waals surface area contributed by atoms with Gasteiger partial charge in [-0.1, -0.05) is 0 Å². The molecule has 0 aliphatic carbocycles. The Morgan fingerprint density at radius 3 is 1.92 bits per heavy atom. The molecule has 13 heavy (non-hydrogen) atoms. The zero-order valence-electron chi connectivity index (χ0n) is 6.40. The van der Waals surface area contributed by atoms with Crippen molar-refractivity contribution in [3.05, 3.63) is 0 Å². The van der Waals surface area contributed by atoms with Gasteiger partial charge in [-0.15, -0.1) is 0 Å². The Kier molecular flexibility index (Phi) is 4.51. The van der Waals surface area contributed by atoms with Crippen molar-refractivity contribution in [3.8, 4) is 0 Å². The zero-order valence-corrected chi connectivity index (χ0v) is 6.40. The second-order valence-electron chi connectivity index (χ2n) is 2.13. The Hall–Kier alpha value is -0.470. The Morgan fingerprint density at radius 2 is 1.54 bits per heavy atom. The maximum Gasteiger partial charge on any atom is 0.455 e. The van der Waals surface area contributed by atoms with Crippen LogP contribution in [-0.2, 0) is 9.57 Å². The van der Waals surface area contributed by atoms with Crippen LogP contribution in [0.15, 0.2) is 0 Å². The second kappa shape index (κ2) is 4.68. The molecule has 3 nitrogen and oxygen atoms in total. The predicted molar refractivity (Wildman–Crippen MR) is 32.0 cm³/mol. The van der Waals surface area contributed by atoms with Gasteiger partial charge >= 0.3 is 12.1 Å². The van der Waals surface area contributed by atoms with Gasteiger partial charge in [0.1, 0.15) is 6.61 Å². The van der Waals surface area contributed by atoms with Gasteiger partial charge in [-0.2, -0.15) is 22.0 Å². The first-order valence-corrected chi connectivity index (χ1v) is 3.15. The van der Waals surface area contributed by atoms with Gasteiger partial charge in [-0.3, -0.25) is 0 Å². The molecule has 0 spiro atoms. The molecule has 8 heteroatoms. The van der Waals surface area contributed by atoms with Crippen LogP contribution in [-0.4, -0.2) is 31.9 Å². The topological polar surface area (TPSA) is 44.5 Å². The SMILES string of the molecule is NOCCOCC(F)(F)C(F)(F)F. The van der Waals surface area contributed by atoms with Gasteiger partial charge in [0.2, 0.25) is 0 Å². The van der Waals surface area contributed by atoms with Crippen LogP contribution in [0.4, 0.5) is 22.0 Å². The lowest BCUT2D eigenvalue weighted by atomic mass is 10.3. The van der Waals surface area contributed by atoms with Crippen molar-refractivity contribution < 1.29 is 31.5 Å². The van der Waals surface area contributed by atoms with Crippen LogP contribution in [0.2, 0.25) is 0 Å². The van der Waals surface area contributed by atoms with Crippen LogP contribution in [0.3, 0.4) is 0 Å². The number of nitrogens with two attached hydrogens (primary N) is 1. The molecule has 0 aliphatic heterocycles. The molecule has 0 bridgehead atoms. The van der Waals surface area contributed by atoms with Crippen molar-refractivity contribution in [2.75, 3.05) is 19.8 Å². The summed E-state index contributed by atoms with van der Waals surface area (Å²) in [7, 11) is 0. The van der Waals surface area contributed by atoms with Gasteiger partial charge in [0.05, 0.1) is 13.2 Å². The Labute approximate surface area is 70.5 Å². The lowest BCUT2D eigenvalue weighted by Crippen LogP contribution is -2.41. The monoisotopic (exact) mass is 209 g/mol. The summed E-state index contributed by atoms with van der Waals surface area (Å²) in [4.78, 5) is 3.89. The first-order valence-electron chi connectivity index (χ1n) is 3.15. The lowest BCUT2D eigenvalue weighted by Gasteiger charge is -2.18. The van der Waals surface area contributed by atoms with E-state index in [9.17, 15) is 22.0 Å². The first kappa shape index (κ1) is 12.5. The largest absolute Gasteiger partial charge is 0.455 e. The first-order chi connectivity index (χ1) is 5.81. The number of hydrogen-bond acceptors (Lipinski definition) is 3. The minimum absolute atomic E-state index is 0.242. The van der Waals surface area contributed by atoms with E-state index in [0.29, 0.717) is 0 Å². The number of halogens is 5. The lowest BCUT2D eigenvalue weighted by molar-refractivity contribution is -0.297. The molecule has 0 aromatic rings. The van der Waals surface area contributed by atoms with Gasteiger partial charge in [0, 0.05) is 0 Å². The van der Waals surface area contributed by atoms with Crippen molar-refractivity contribution in [1.82, 2.24) is 0 Å². The molecular formula is C5H8F5NO2. The number of alkyl halides is 5. The smallest absolute Gasteiger partial charge is 0.372 e. The molecule has 0 aromatic carbocycles. The van der Waals surface area contributed by atoms with Crippen molar-refractivity contribution in [3.63, 3.8) is 0 Å². The molecule has 80 valence electrons. The highest BCUT2D eigenvalue weighted by Crippen LogP contribution is 2.35. The Balaban J connectivity index is 3.77. The molecule has 0 aromatic heterocycles. The summed E-state index contributed by atoms with van der Waals surface area (Å²) in [6.45, 7) is -2.38. The highest BCUT2D eigenvalue weighted by Gasteiger charge is 2.57. The van der Waals surface area contributed by atoms with Crippen LogP contribution < -0.4 is 5.90 Å². The third kappa shape index (κ3) is 4.34. The molecule has 0 rings (SSSR count). The van der Waals surface area contributed by atoms with Crippen LogP contribution in [0.1, 0.15) is 0 Å². The van der Waals surface area contributed by atoms with E-state index in [1.165, 1.54) is 0 Å². The maximum atomic E-state index is 12.0. The summed E-state index contributed by atoms with van der Waals surface area (Å²) in [5, 5.41) is 0. The van der Waals surface area contributed by atoms with Gasteiger partial charge < -0.3 is 9.57 Å². The Bertz CT molecular complexity index is 148. The molecular weight excluding hydrogens is 201 g/mol. The van der Waals surface area contributed by atoms with Crippen LogP contribution >= 0.6 is 0 Å². The standard InChI is InChI=1S/C5H8F5NO2/c6-4(7,5(8,9)10)3-12-1-2-13-11/h1-3,11H2. The molecule has 0 atom stereocenters. The highest BCUT2D eigenvalue weighted by molar-refractivity contribution is 4.74. The minimum atomic E-state index is -5.59. The highest BCUT2D eigenvalue weighted by atomic mass is 19.4. The van der Waals surface area contributed by atoms with E-state index in [0.717, 1.165) is 0 Å². The molecule has 2 N–H and O–H groups in total. The average molecular weight is 209 g/mol. The van der Waals surface area contributed by atoms with Crippen molar-refractivity contribution in [2.45, 2.75) is 12.1 Å². The van der Waals surface area contributed by atoms with E-state index in [1.54, 1.807) is 0 Å². The van der Waals surface area contributed by atoms with E-state index in [1.807, 2.05) is 0 Å². The fraction of sp³-hybridized carbons (Fsp3) is 1.00. The summed E-state index contributed by atoms with van der Waals surface area (Å²) in [5.74, 6) is -0.357. The van der Waals surface area contributed by atoms with Crippen molar-refractivity contribution in [1.29, 1.82) is 0 Å². The van der Waals surface area contributed by atoms with E-state index < -0.39 is 25.3 Å². The fourth-order valence-electron chi connectivity index (χ4n) is 0.389. The molecule has 0 heterocycles. The molecule has 0 unspecified atom stereocenters. The third-order valence-electron chi connectivity index (χ3n) is 1.04. The number of hydrogen-bond donors (Lipinski definition) is 1. The second-order valence-corrected chi connectivity index (χ2v) is 2.13. The number of rotatable bonds is 5. The maximum absolute atomic E-state index is 12.0. The van der Waals surface area contributed by atoms with Gasteiger partial charge in [-0.05, 0) is 0 Å². The van der Waals surface area contributed by atoms with Gasteiger partial charge in [-0.25, -0.2) is 5.90 Å². The quantitative estimate of drug-likeness (QED) is 0.418. The average Bonchev–Trinajstić information content (AvgIpc) is 1.96. The fourth-order valence-corrected chi connectivity index (χ4v) is 0.389. The molecule has 0 saturated carbocycles. The van der Waals surface area contributed by atoms with Crippen LogP contribution in [0.5, 0.6) is 0 Å². The molecule has 0 fully saturated rings. The van der Waals surface area contributed by atoms with Crippen molar-refractivity contribution in [2.24, 2.45) is 5.90 Å². The molecule has 0 radical (unpaired) electrons. The van der Waals surface area contributed by atoms with Crippen LogP contribution in [0.25, 0.3) is 0 Å². The normalized spacial score (nSPS) is 13.4. The van der Waals surface area contributed by atoms with E-state index >= 15 is 0 Å². The number of ether oxygens (including phenoxy) is 1. The van der Waals surface area contributed by atoms with Gasteiger partial charge in [0.15, 0.2) is 0 Å². The van der Waals surface area contributed by atoms with Crippen molar-refractivity contribution >= 4 is 0 Å². The zero-order chi connectivity index (χ0) is 10.5. The summed E-state index contributed by atoms with van der Waals surface area (Å²) in [5.41, 5.74) is 0. The summed E-state index contributed by atoms with van der Waals surface area (Å²) in [6.07, 6.45) is -5.59. The van der Waals surface area contributed by atoms with Crippen LogP contribution in [0, 0.1) is 0 Å².